The molecular weight excluding hydrogens is 541 g/mol. The Kier molecular flexibility index (Phi) is 10.0. The third-order valence-electron chi connectivity index (χ3n) is 7.52. The molecule has 1 aliphatic heterocycles. The molecule has 7 heteroatoms. The second-order valence-corrected chi connectivity index (χ2v) is 11.3. The van der Waals surface area contributed by atoms with Crippen molar-refractivity contribution in [2.24, 2.45) is 0 Å². The van der Waals surface area contributed by atoms with Gasteiger partial charge in [0, 0.05) is 54.9 Å². The first-order chi connectivity index (χ1) is 19.3. The number of hydrogen-bond donors (Lipinski definition) is 0. The van der Waals surface area contributed by atoms with E-state index in [4.69, 9.17) is 32.9 Å². The molecule has 0 saturated heterocycles. The minimum atomic E-state index is -1.36. The standard InChI is InChI=1S/C33H41Cl2N3O2/c1-6-15-37(16-7-2)24-11-13-27(29(34)20-24)33(31-26(32(39)40-33)19-23(10-5)22-36-31)28-14-12-25(21-30(28)35)38(17-8-3)18-9-4/h11-14,19-22H,6-10,15-18H2,1-5H3. The maximum Gasteiger partial charge on any atom is 0.341 e. The van der Waals surface area contributed by atoms with Gasteiger partial charge >= 0.3 is 5.97 Å². The zero-order chi connectivity index (χ0) is 28.9. The molecule has 5 nitrogen and oxygen atoms in total. The van der Waals surface area contributed by atoms with Crippen molar-refractivity contribution < 1.29 is 9.53 Å². The first-order valence-electron chi connectivity index (χ1n) is 14.7. The van der Waals surface area contributed by atoms with Gasteiger partial charge in [0.15, 0.2) is 0 Å². The van der Waals surface area contributed by atoms with Gasteiger partial charge in [-0.3, -0.25) is 4.98 Å². The van der Waals surface area contributed by atoms with Crippen molar-refractivity contribution in [2.75, 3.05) is 36.0 Å². The number of anilines is 2. The Hall–Kier alpha value is -2.76. The fourth-order valence-corrected chi connectivity index (χ4v) is 6.30. The van der Waals surface area contributed by atoms with Crippen molar-refractivity contribution in [3.05, 3.63) is 86.7 Å². The minimum Gasteiger partial charge on any atom is -0.439 e. The Morgan fingerprint density at radius 1 is 0.750 bits per heavy atom. The number of rotatable bonds is 13. The van der Waals surface area contributed by atoms with E-state index in [0.29, 0.717) is 32.4 Å². The summed E-state index contributed by atoms with van der Waals surface area (Å²) in [6.07, 6.45) is 6.72. The fourth-order valence-electron chi connectivity index (χ4n) is 5.68. The molecule has 0 bridgehead atoms. The molecule has 40 heavy (non-hydrogen) atoms. The first-order valence-corrected chi connectivity index (χ1v) is 15.4. The van der Waals surface area contributed by atoms with Crippen LogP contribution in [0.15, 0.2) is 48.7 Å². The number of carbonyl (C=O) groups excluding carboxylic acids is 1. The van der Waals surface area contributed by atoms with Crippen LogP contribution in [0.25, 0.3) is 0 Å². The molecule has 4 rings (SSSR count). The average Bonchev–Trinajstić information content (AvgIpc) is 3.24. The van der Waals surface area contributed by atoms with Crippen molar-refractivity contribution in [2.45, 2.75) is 72.3 Å². The molecule has 2 heterocycles. The van der Waals surface area contributed by atoms with Crippen LogP contribution in [-0.4, -0.2) is 37.1 Å². The number of aryl methyl sites for hydroxylation is 1. The van der Waals surface area contributed by atoms with Crippen LogP contribution in [0.2, 0.25) is 10.0 Å². The topological polar surface area (TPSA) is 45.7 Å². The van der Waals surface area contributed by atoms with Gasteiger partial charge in [0.25, 0.3) is 0 Å². The largest absolute Gasteiger partial charge is 0.439 e. The van der Waals surface area contributed by atoms with E-state index >= 15 is 0 Å². The van der Waals surface area contributed by atoms with Gasteiger partial charge in [-0.2, -0.15) is 0 Å². The van der Waals surface area contributed by atoms with Gasteiger partial charge in [0.2, 0.25) is 5.60 Å². The molecule has 0 spiro atoms. The monoisotopic (exact) mass is 581 g/mol. The molecule has 2 aromatic carbocycles. The van der Waals surface area contributed by atoms with E-state index in [1.807, 2.05) is 43.5 Å². The van der Waals surface area contributed by atoms with Crippen molar-refractivity contribution in [1.82, 2.24) is 4.98 Å². The highest BCUT2D eigenvalue weighted by atomic mass is 35.5. The van der Waals surface area contributed by atoms with Gasteiger partial charge in [-0.1, -0.05) is 70.0 Å². The lowest BCUT2D eigenvalue weighted by Crippen LogP contribution is -2.32. The van der Waals surface area contributed by atoms with Crippen molar-refractivity contribution in [3.8, 4) is 0 Å². The Balaban J connectivity index is 1.93. The van der Waals surface area contributed by atoms with E-state index in [2.05, 4.69) is 49.6 Å². The number of benzene rings is 2. The van der Waals surface area contributed by atoms with Crippen molar-refractivity contribution >= 4 is 40.5 Å². The number of hydrogen-bond acceptors (Lipinski definition) is 5. The van der Waals surface area contributed by atoms with Gasteiger partial charge in [-0.25, -0.2) is 4.79 Å². The fraction of sp³-hybridized carbons (Fsp3) is 0.455. The zero-order valence-corrected chi connectivity index (χ0v) is 25.9. The van der Waals surface area contributed by atoms with E-state index < -0.39 is 11.6 Å². The number of fused-ring (bicyclic) bond motifs is 1. The number of aromatic nitrogens is 1. The Labute approximate surface area is 249 Å². The highest BCUT2D eigenvalue weighted by Crippen LogP contribution is 2.51. The van der Waals surface area contributed by atoms with Crippen LogP contribution >= 0.6 is 23.2 Å². The zero-order valence-electron chi connectivity index (χ0n) is 24.4. The lowest BCUT2D eigenvalue weighted by atomic mass is 9.82. The second-order valence-electron chi connectivity index (χ2n) is 10.5. The normalized spacial score (nSPS) is 13.7. The summed E-state index contributed by atoms with van der Waals surface area (Å²) in [5.41, 5.74) is 4.00. The van der Waals surface area contributed by atoms with E-state index in [1.165, 1.54) is 0 Å². The summed E-state index contributed by atoms with van der Waals surface area (Å²) in [5, 5.41) is 1.02. The Morgan fingerprint density at radius 2 is 1.23 bits per heavy atom. The molecule has 0 fully saturated rings. The summed E-state index contributed by atoms with van der Waals surface area (Å²) < 4.78 is 6.35. The minimum absolute atomic E-state index is 0.421. The predicted octanol–water partition coefficient (Wildman–Crippen LogP) is 8.67. The van der Waals surface area contributed by atoms with Gasteiger partial charge in [-0.05, 0) is 68.0 Å². The van der Waals surface area contributed by atoms with Crippen LogP contribution in [0.5, 0.6) is 0 Å². The third kappa shape index (κ3) is 5.69. The molecule has 1 aromatic heterocycles. The smallest absolute Gasteiger partial charge is 0.341 e. The summed E-state index contributed by atoms with van der Waals surface area (Å²) in [6, 6.07) is 13.9. The second kappa shape index (κ2) is 13.3. The van der Waals surface area contributed by atoms with Crippen LogP contribution in [0.3, 0.4) is 0 Å². The molecule has 3 aromatic rings. The quantitative estimate of drug-likeness (QED) is 0.189. The number of pyridine rings is 1. The van der Waals surface area contributed by atoms with E-state index in [1.54, 1.807) is 0 Å². The molecule has 214 valence electrons. The number of ether oxygens (including phenoxy) is 1. The highest BCUT2D eigenvalue weighted by Gasteiger charge is 2.52. The highest BCUT2D eigenvalue weighted by molar-refractivity contribution is 6.33. The van der Waals surface area contributed by atoms with E-state index in [-0.39, 0.29) is 0 Å². The summed E-state index contributed by atoms with van der Waals surface area (Å²) in [6.45, 7) is 14.5. The van der Waals surface area contributed by atoms with Crippen LogP contribution in [0.1, 0.15) is 93.0 Å². The molecule has 0 unspecified atom stereocenters. The number of halogens is 2. The average molecular weight is 583 g/mol. The maximum absolute atomic E-state index is 13.4. The van der Waals surface area contributed by atoms with Crippen molar-refractivity contribution in [1.29, 1.82) is 0 Å². The summed E-state index contributed by atoms with van der Waals surface area (Å²) in [7, 11) is 0. The van der Waals surface area contributed by atoms with Gasteiger partial charge in [-0.15, -0.1) is 0 Å². The van der Waals surface area contributed by atoms with Gasteiger partial charge in [0.05, 0.1) is 15.6 Å². The van der Waals surface area contributed by atoms with Crippen LogP contribution in [0.4, 0.5) is 11.4 Å². The molecule has 0 radical (unpaired) electrons. The lowest BCUT2D eigenvalue weighted by Gasteiger charge is -2.33. The molecule has 0 aliphatic carbocycles. The molecular formula is C33H41Cl2N3O2. The summed E-state index contributed by atoms with van der Waals surface area (Å²) in [5.74, 6) is -0.421. The van der Waals surface area contributed by atoms with Gasteiger partial charge < -0.3 is 14.5 Å². The molecule has 0 N–H and O–H groups in total. The number of esters is 1. The molecule has 0 amide bonds. The SMILES string of the molecule is CCCN(CCC)c1ccc(C2(c3ccc(N(CCC)CCC)cc3Cl)OC(=O)c3cc(CC)cnc32)c(Cl)c1. The number of nitrogens with zero attached hydrogens (tertiary/aromatic N) is 3. The molecule has 0 atom stereocenters. The van der Waals surface area contributed by atoms with Gasteiger partial charge in [0.1, 0.15) is 5.69 Å². The number of cyclic esters (lactones) is 1. The molecule has 1 aliphatic rings. The van der Waals surface area contributed by atoms with Crippen LogP contribution < -0.4 is 9.80 Å². The first kappa shape index (κ1) is 30.2. The Morgan fingerprint density at radius 3 is 1.62 bits per heavy atom. The van der Waals surface area contributed by atoms with Crippen LogP contribution in [-0.2, 0) is 16.8 Å². The number of carbonyl (C=O) groups is 1. The predicted molar refractivity (Wildman–Crippen MR) is 167 cm³/mol. The summed E-state index contributed by atoms with van der Waals surface area (Å²) >= 11 is 14.2. The Bertz CT molecular complexity index is 1270. The third-order valence-corrected chi connectivity index (χ3v) is 8.15. The lowest BCUT2D eigenvalue weighted by molar-refractivity contribution is 0.0244. The maximum atomic E-state index is 13.4. The van der Waals surface area contributed by atoms with E-state index in [9.17, 15) is 4.79 Å². The van der Waals surface area contributed by atoms with Crippen LogP contribution in [0, 0.1) is 0 Å². The summed E-state index contributed by atoms with van der Waals surface area (Å²) in [4.78, 5) is 22.9. The van der Waals surface area contributed by atoms with E-state index in [0.717, 1.165) is 75.2 Å². The molecule has 0 saturated carbocycles. The van der Waals surface area contributed by atoms with Crippen molar-refractivity contribution in [3.63, 3.8) is 0 Å².